The molecule has 4 heteroatoms. The van der Waals surface area contributed by atoms with Crippen molar-refractivity contribution in [2.45, 2.75) is 18.4 Å². The minimum Gasteiger partial charge on any atom is -0.377 e. The van der Waals surface area contributed by atoms with Crippen LogP contribution in [-0.2, 0) is 0 Å². The average molecular weight is 239 g/mol. The standard InChI is InChI=1S/C12H14N2O.ClH/c15-12(6-9-13-10-7-12)5-4-11-3-1-2-8-14-11;/h1-3,8,13,15H,6-7,9-10H2;1H. The Morgan fingerprint density at radius 2 is 2.06 bits per heavy atom. The molecule has 0 bridgehead atoms. The summed E-state index contributed by atoms with van der Waals surface area (Å²) in [6.07, 6.45) is 3.08. The van der Waals surface area contributed by atoms with E-state index in [2.05, 4.69) is 22.1 Å². The monoisotopic (exact) mass is 238 g/mol. The fourth-order valence-corrected chi connectivity index (χ4v) is 1.58. The zero-order chi connectivity index (χ0) is 10.6. The second kappa shape index (κ2) is 5.86. The summed E-state index contributed by atoms with van der Waals surface area (Å²) in [7, 11) is 0. The SMILES string of the molecule is Cl.OC1(C#Cc2ccccn2)CCNCC1. The number of aliphatic hydroxyl groups is 1. The Bertz CT molecular complexity index is 377. The van der Waals surface area contributed by atoms with Crippen LogP contribution >= 0.6 is 12.4 Å². The van der Waals surface area contributed by atoms with E-state index in [0.29, 0.717) is 18.5 Å². The van der Waals surface area contributed by atoms with Gasteiger partial charge in [0.05, 0.1) is 0 Å². The van der Waals surface area contributed by atoms with Crippen LogP contribution in [0.3, 0.4) is 0 Å². The first-order valence-corrected chi connectivity index (χ1v) is 5.16. The van der Waals surface area contributed by atoms with E-state index >= 15 is 0 Å². The Labute approximate surface area is 102 Å². The highest BCUT2D eigenvalue weighted by Crippen LogP contribution is 2.16. The Morgan fingerprint density at radius 1 is 1.31 bits per heavy atom. The van der Waals surface area contributed by atoms with Gasteiger partial charge in [0.2, 0.25) is 0 Å². The molecule has 0 unspecified atom stereocenters. The van der Waals surface area contributed by atoms with Gasteiger partial charge in [-0.25, -0.2) is 4.98 Å². The molecule has 1 saturated heterocycles. The first-order chi connectivity index (χ1) is 7.29. The number of hydrogen-bond acceptors (Lipinski definition) is 3. The molecule has 0 aromatic carbocycles. The van der Waals surface area contributed by atoms with Crippen LogP contribution in [-0.4, -0.2) is 28.8 Å². The van der Waals surface area contributed by atoms with E-state index in [4.69, 9.17) is 0 Å². The van der Waals surface area contributed by atoms with Crippen molar-refractivity contribution in [3.8, 4) is 11.8 Å². The van der Waals surface area contributed by atoms with E-state index in [-0.39, 0.29) is 12.4 Å². The number of halogens is 1. The van der Waals surface area contributed by atoms with Crippen molar-refractivity contribution in [1.29, 1.82) is 0 Å². The third-order valence-electron chi connectivity index (χ3n) is 2.52. The first-order valence-electron chi connectivity index (χ1n) is 5.16. The van der Waals surface area contributed by atoms with E-state index in [1.165, 1.54) is 0 Å². The third kappa shape index (κ3) is 3.49. The van der Waals surface area contributed by atoms with E-state index in [0.717, 1.165) is 13.1 Å². The number of rotatable bonds is 0. The lowest BCUT2D eigenvalue weighted by Gasteiger charge is -2.27. The van der Waals surface area contributed by atoms with Gasteiger partial charge < -0.3 is 10.4 Å². The van der Waals surface area contributed by atoms with Gasteiger partial charge in [0, 0.05) is 6.20 Å². The van der Waals surface area contributed by atoms with E-state index < -0.39 is 5.60 Å². The lowest BCUT2D eigenvalue weighted by atomic mass is 9.93. The average Bonchev–Trinajstić information content (AvgIpc) is 2.29. The normalized spacial score (nSPS) is 17.8. The summed E-state index contributed by atoms with van der Waals surface area (Å²) in [5.74, 6) is 5.83. The van der Waals surface area contributed by atoms with Gasteiger partial charge in [-0.1, -0.05) is 12.0 Å². The molecule has 2 N–H and O–H groups in total. The van der Waals surface area contributed by atoms with Crippen LogP contribution in [0.25, 0.3) is 0 Å². The van der Waals surface area contributed by atoms with Crippen molar-refractivity contribution in [2.24, 2.45) is 0 Å². The predicted octanol–water partition coefficient (Wildman–Crippen LogP) is 0.969. The second-order valence-electron chi connectivity index (χ2n) is 3.75. The summed E-state index contributed by atoms with van der Waals surface area (Å²) in [4.78, 5) is 4.09. The quantitative estimate of drug-likeness (QED) is 0.662. The lowest BCUT2D eigenvalue weighted by molar-refractivity contribution is 0.0679. The minimum absolute atomic E-state index is 0. The van der Waals surface area contributed by atoms with E-state index in [1.54, 1.807) is 6.20 Å². The van der Waals surface area contributed by atoms with Crippen molar-refractivity contribution in [3.05, 3.63) is 30.1 Å². The highest BCUT2D eigenvalue weighted by Gasteiger charge is 2.26. The maximum atomic E-state index is 10.1. The minimum atomic E-state index is -0.831. The van der Waals surface area contributed by atoms with E-state index in [9.17, 15) is 5.11 Å². The molecule has 3 nitrogen and oxygen atoms in total. The zero-order valence-electron chi connectivity index (χ0n) is 8.94. The molecule has 16 heavy (non-hydrogen) atoms. The van der Waals surface area contributed by atoms with E-state index in [1.807, 2.05) is 18.2 Å². The molecule has 1 aliphatic heterocycles. The molecule has 1 aromatic heterocycles. The molecule has 1 fully saturated rings. The van der Waals surface area contributed by atoms with Crippen LogP contribution < -0.4 is 5.32 Å². The number of hydrogen-bond donors (Lipinski definition) is 2. The van der Waals surface area contributed by atoms with Crippen LogP contribution in [0.2, 0.25) is 0 Å². The fraction of sp³-hybridized carbons (Fsp3) is 0.417. The van der Waals surface area contributed by atoms with Crippen LogP contribution in [0.4, 0.5) is 0 Å². The highest BCUT2D eigenvalue weighted by molar-refractivity contribution is 5.85. The van der Waals surface area contributed by atoms with Crippen molar-refractivity contribution < 1.29 is 5.11 Å². The smallest absolute Gasteiger partial charge is 0.128 e. The molecular weight excluding hydrogens is 224 g/mol. The third-order valence-corrected chi connectivity index (χ3v) is 2.52. The van der Waals surface area contributed by atoms with Crippen molar-refractivity contribution >= 4 is 12.4 Å². The number of nitrogens with one attached hydrogen (secondary N) is 1. The molecule has 0 radical (unpaired) electrons. The molecule has 0 amide bonds. The zero-order valence-corrected chi connectivity index (χ0v) is 9.76. The van der Waals surface area contributed by atoms with Gasteiger partial charge in [-0.15, -0.1) is 12.4 Å². The summed E-state index contributed by atoms with van der Waals surface area (Å²) in [6.45, 7) is 1.65. The molecule has 1 aliphatic rings. The summed E-state index contributed by atoms with van der Waals surface area (Å²) in [5.41, 5.74) is -0.118. The van der Waals surface area contributed by atoms with Crippen LogP contribution in [0.5, 0.6) is 0 Å². The number of nitrogens with zero attached hydrogens (tertiary/aromatic N) is 1. The van der Waals surface area contributed by atoms with Crippen LogP contribution in [0, 0.1) is 11.8 Å². The number of piperidine rings is 1. The molecular formula is C12H15ClN2O. The van der Waals surface area contributed by atoms with Crippen molar-refractivity contribution in [1.82, 2.24) is 10.3 Å². The molecule has 0 aliphatic carbocycles. The number of aromatic nitrogens is 1. The van der Waals surface area contributed by atoms with Crippen molar-refractivity contribution in [3.63, 3.8) is 0 Å². The highest BCUT2D eigenvalue weighted by atomic mass is 35.5. The van der Waals surface area contributed by atoms with Crippen LogP contribution in [0.1, 0.15) is 18.5 Å². The second-order valence-corrected chi connectivity index (χ2v) is 3.75. The number of pyridine rings is 1. The van der Waals surface area contributed by atoms with Gasteiger partial charge in [-0.05, 0) is 44.0 Å². The summed E-state index contributed by atoms with van der Waals surface area (Å²) in [5, 5.41) is 13.3. The molecule has 86 valence electrons. The van der Waals surface area contributed by atoms with Gasteiger partial charge in [-0.2, -0.15) is 0 Å². The Hall–Kier alpha value is -1.08. The summed E-state index contributed by atoms with van der Waals surface area (Å²) >= 11 is 0. The lowest BCUT2D eigenvalue weighted by Crippen LogP contribution is -2.40. The van der Waals surface area contributed by atoms with Crippen LogP contribution in [0.15, 0.2) is 24.4 Å². The van der Waals surface area contributed by atoms with Gasteiger partial charge in [0.1, 0.15) is 11.3 Å². The van der Waals surface area contributed by atoms with Crippen molar-refractivity contribution in [2.75, 3.05) is 13.1 Å². The Balaban J connectivity index is 0.00000128. The summed E-state index contributed by atoms with van der Waals surface area (Å²) in [6, 6.07) is 5.59. The molecule has 0 spiro atoms. The maximum Gasteiger partial charge on any atom is 0.128 e. The molecule has 1 aromatic rings. The maximum absolute atomic E-state index is 10.1. The molecule has 0 atom stereocenters. The van der Waals surface area contributed by atoms with Gasteiger partial charge in [0.15, 0.2) is 0 Å². The topological polar surface area (TPSA) is 45.2 Å². The summed E-state index contributed by atoms with van der Waals surface area (Å²) < 4.78 is 0. The Kier molecular flexibility index (Phi) is 4.75. The van der Waals surface area contributed by atoms with Gasteiger partial charge >= 0.3 is 0 Å². The predicted molar refractivity (Wildman–Crippen MR) is 65.4 cm³/mol. The largest absolute Gasteiger partial charge is 0.377 e. The first kappa shape index (κ1) is 13.0. The van der Waals surface area contributed by atoms with Gasteiger partial charge in [-0.3, -0.25) is 0 Å². The molecule has 2 heterocycles. The van der Waals surface area contributed by atoms with Gasteiger partial charge in [0.25, 0.3) is 0 Å². The molecule has 0 saturated carbocycles. The molecule has 2 rings (SSSR count). The Morgan fingerprint density at radius 3 is 2.69 bits per heavy atom. The fourth-order valence-electron chi connectivity index (χ4n) is 1.58.